The number of para-hydroxylation sites is 1. The first-order valence-electron chi connectivity index (χ1n) is 9.96. The lowest BCUT2D eigenvalue weighted by Crippen LogP contribution is -2.36. The molecular weight excluding hydrogens is 345 g/mol. The number of carbonyl (C=O) groups excluding carboxylic acids is 2. The van der Waals surface area contributed by atoms with E-state index in [1.807, 2.05) is 13.0 Å². The molecule has 0 unspecified atom stereocenters. The Morgan fingerprint density at radius 1 is 1.30 bits per heavy atom. The number of hydrogen-bond donors (Lipinski definition) is 1. The van der Waals surface area contributed by atoms with Crippen LogP contribution in [-0.2, 0) is 16.0 Å². The summed E-state index contributed by atoms with van der Waals surface area (Å²) in [4.78, 5) is 26.5. The van der Waals surface area contributed by atoms with E-state index in [2.05, 4.69) is 4.90 Å². The van der Waals surface area contributed by atoms with Gasteiger partial charge in [-0.15, -0.1) is 0 Å². The van der Waals surface area contributed by atoms with Crippen LogP contribution in [0.4, 0.5) is 0 Å². The molecule has 0 radical (unpaired) electrons. The largest absolute Gasteiger partial charge is 0.535 e. The third kappa shape index (κ3) is 5.11. The smallest absolute Gasteiger partial charge is 0.526 e. The van der Waals surface area contributed by atoms with Crippen molar-refractivity contribution in [1.82, 2.24) is 4.90 Å². The Balaban J connectivity index is 1.61. The Kier molecular flexibility index (Phi) is 6.91. The zero-order chi connectivity index (χ0) is 19.2. The van der Waals surface area contributed by atoms with Gasteiger partial charge in [0.25, 0.3) is 0 Å². The predicted octanol–water partition coefficient (Wildman–Crippen LogP) is 2.48. The summed E-state index contributed by atoms with van der Waals surface area (Å²) < 4.78 is 11.1. The number of fused-ring (bicyclic) bond motifs is 1. The Labute approximate surface area is 161 Å². The Morgan fingerprint density at radius 3 is 2.81 bits per heavy atom. The number of Topliss-reactive ketones (excluding diaryl/α,β-unsaturated/α-hetero) is 1. The van der Waals surface area contributed by atoms with Gasteiger partial charge in [0, 0.05) is 25.2 Å². The van der Waals surface area contributed by atoms with Crippen molar-refractivity contribution in [1.29, 1.82) is 0 Å². The van der Waals surface area contributed by atoms with Gasteiger partial charge in [-0.3, -0.25) is 9.69 Å². The highest BCUT2D eigenvalue weighted by Gasteiger charge is 2.37. The summed E-state index contributed by atoms with van der Waals surface area (Å²) >= 11 is 0. The van der Waals surface area contributed by atoms with Gasteiger partial charge in [0.15, 0.2) is 0 Å². The lowest BCUT2D eigenvalue weighted by molar-refractivity contribution is -0.118. The van der Waals surface area contributed by atoms with E-state index in [1.165, 1.54) is 19.3 Å². The van der Waals surface area contributed by atoms with Crippen LogP contribution < -0.4 is 4.65 Å². The maximum Gasteiger partial charge on any atom is 0.526 e. The van der Waals surface area contributed by atoms with Crippen LogP contribution in [0.25, 0.3) is 0 Å². The van der Waals surface area contributed by atoms with Crippen molar-refractivity contribution >= 4 is 18.9 Å². The lowest BCUT2D eigenvalue weighted by atomic mass is 9.64. The molecular formula is C20H28BNO5. The fourth-order valence-corrected chi connectivity index (χ4v) is 3.78. The second-order valence-electron chi connectivity index (χ2n) is 7.40. The van der Waals surface area contributed by atoms with Crippen molar-refractivity contribution in [3.8, 4) is 5.75 Å². The highest BCUT2D eigenvalue weighted by atomic mass is 16.5. The number of rotatable bonds is 7. The summed E-state index contributed by atoms with van der Waals surface area (Å²) in [5, 5.41) is 10.3. The number of piperidine rings is 1. The van der Waals surface area contributed by atoms with Crippen LogP contribution in [-0.4, -0.2) is 55.0 Å². The molecule has 27 heavy (non-hydrogen) atoms. The molecule has 3 rings (SSSR count). The molecule has 146 valence electrons. The third-order valence-corrected chi connectivity index (χ3v) is 5.41. The molecule has 7 heteroatoms. The third-order valence-electron chi connectivity index (χ3n) is 5.41. The number of ether oxygens (including phenoxy) is 1. The SMILES string of the molecule is CCC(=O)C[C@H]1Cc2cccc(C(=O)OCCN3CCCCC3)c2OB1O. The monoisotopic (exact) mass is 373 g/mol. The van der Waals surface area contributed by atoms with Gasteiger partial charge in [-0.1, -0.05) is 25.5 Å². The van der Waals surface area contributed by atoms with E-state index in [1.54, 1.807) is 12.1 Å². The van der Waals surface area contributed by atoms with Crippen molar-refractivity contribution in [2.45, 2.75) is 51.3 Å². The molecule has 0 bridgehead atoms. The average molecular weight is 373 g/mol. The van der Waals surface area contributed by atoms with E-state index >= 15 is 0 Å². The molecule has 2 aliphatic rings. The average Bonchev–Trinajstić information content (AvgIpc) is 2.68. The molecule has 1 aromatic carbocycles. The Bertz CT molecular complexity index is 674. The van der Waals surface area contributed by atoms with Crippen LogP contribution >= 0.6 is 0 Å². The molecule has 1 fully saturated rings. The Hall–Kier alpha value is -1.86. The minimum absolute atomic E-state index is 0.0966. The molecule has 0 aliphatic carbocycles. The molecule has 2 heterocycles. The standard InChI is InChI=1S/C20H28BNO5/c1-2-17(23)14-16-13-15-7-6-8-18(19(15)27-21(16)25)20(24)26-12-11-22-9-4-3-5-10-22/h6-8,16,25H,2-5,9-14H2,1H3/t16-/m1/s1. The van der Waals surface area contributed by atoms with Crippen LogP contribution in [0, 0.1) is 0 Å². The van der Waals surface area contributed by atoms with E-state index in [9.17, 15) is 14.6 Å². The van der Waals surface area contributed by atoms with Crippen molar-refractivity contribution in [2.24, 2.45) is 0 Å². The molecule has 1 aromatic rings. The van der Waals surface area contributed by atoms with E-state index in [0.29, 0.717) is 30.8 Å². The fraction of sp³-hybridized carbons (Fsp3) is 0.600. The zero-order valence-corrected chi connectivity index (χ0v) is 16.0. The molecule has 0 aromatic heterocycles. The molecule has 6 nitrogen and oxygen atoms in total. The molecule has 0 amide bonds. The second kappa shape index (κ2) is 9.37. The molecule has 0 saturated carbocycles. The van der Waals surface area contributed by atoms with E-state index in [-0.39, 0.29) is 18.0 Å². The first-order chi connectivity index (χ1) is 13.1. The zero-order valence-electron chi connectivity index (χ0n) is 16.0. The summed E-state index contributed by atoms with van der Waals surface area (Å²) in [7, 11) is -1.09. The van der Waals surface area contributed by atoms with Crippen LogP contribution in [0.5, 0.6) is 5.75 Å². The first kappa shape index (κ1) is 19.9. The van der Waals surface area contributed by atoms with Gasteiger partial charge < -0.3 is 14.4 Å². The van der Waals surface area contributed by atoms with Crippen LogP contribution in [0.2, 0.25) is 5.82 Å². The number of esters is 1. The normalized spacial score (nSPS) is 19.9. The molecule has 0 spiro atoms. The summed E-state index contributed by atoms with van der Waals surface area (Å²) in [5.74, 6) is -0.234. The van der Waals surface area contributed by atoms with Gasteiger partial charge in [-0.2, -0.15) is 0 Å². The highest BCUT2D eigenvalue weighted by Crippen LogP contribution is 2.36. The summed E-state index contributed by atoms with van der Waals surface area (Å²) in [6.07, 6.45) is 4.91. The van der Waals surface area contributed by atoms with Crippen molar-refractivity contribution < 1.29 is 24.0 Å². The van der Waals surface area contributed by atoms with Gasteiger partial charge in [0.05, 0.1) is 0 Å². The molecule has 1 N–H and O–H groups in total. The molecule has 1 atom stereocenters. The van der Waals surface area contributed by atoms with Gasteiger partial charge in [0.2, 0.25) is 0 Å². The maximum atomic E-state index is 12.5. The van der Waals surface area contributed by atoms with Crippen LogP contribution in [0.1, 0.15) is 54.9 Å². The maximum absolute atomic E-state index is 12.5. The summed E-state index contributed by atoms with van der Waals surface area (Å²) in [6.45, 7) is 5.02. The number of ketones is 1. The minimum atomic E-state index is -1.09. The molecule has 2 aliphatic heterocycles. The van der Waals surface area contributed by atoms with E-state index in [4.69, 9.17) is 9.39 Å². The van der Waals surface area contributed by atoms with Crippen LogP contribution in [0.3, 0.4) is 0 Å². The van der Waals surface area contributed by atoms with Gasteiger partial charge in [-0.05, 0) is 44.0 Å². The van der Waals surface area contributed by atoms with E-state index in [0.717, 1.165) is 25.2 Å². The number of benzene rings is 1. The van der Waals surface area contributed by atoms with Gasteiger partial charge >= 0.3 is 13.1 Å². The predicted molar refractivity (Wildman–Crippen MR) is 103 cm³/mol. The first-order valence-corrected chi connectivity index (χ1v) is 9.96. The van der Waals surface area contributed by atoms with Gasteiger partial charge in [0.1, 0.15) is 23.7 Å². The van der Waals surface area contributed by atoms with Crippen molar-refractivity contribution in [3.05, 3.63) is 29.3 Å². The summed E-state index contributed by atoms with van der Waals surface area (Å²) in [6, 6.07) is 5.32. The summed E-state index contributed by atoms with van der Waals surface area (Å²) in [5.41, 5.74) is 1.17. The quantitative estimate of drug-likeness (QED) is 0.585. The number of hydrogen-bond acceptors (Lipinski definition) is 6. The van der Waals surface area contributed by atoms with Crippen molar-refractivity contribution in [2.75, 3.05) is 26.2 Å². The Morgan fingerprint density at radius 2 is 2.07 bits per heavy atom. The minimum Gasteiger partial charge on any atom is -0.535 e. The lowest BCUT2D eigenvalue weighted by Gasteiger charge is -2.28. The molecule has 1 saturated heterocycles. The topological polar surface area (TPSA) is 76.1 Å². The fourth-order valence-electron chi connectivity index (χ4n) is 3.78. The number of carbonyl (C=O) groups is 2. The highest BCUT2D eigenvalue weighted by molar-refractivity contribution is 6.47. The van der Waals surface area contributed by atoms with Crippen LogP contribution in [0.15, 0.2) is 18.2 Å². The van der Waals surface area contributed by atoms with E-state index < -0.39 is 13.1 Å². The second-order valence-corrected chi connectivity index (χ2v) is 7.40. The van der Waals surface area contributed by atoms with Crippen molar-refractivity contribution in [3.63, 3.8) is 0 Å². The number of nitrogens with zero attached hydrogens (tertiary/aromatic N) is 1. The number of likely N-dealkylation sites (tertiary alicyclic amines) is 1. The van der Waals surface area contributed by atoms with Gasteiger partial charge in [-0.25, -0.2) is 4.79 Å².